The molecule has 2 N–H and O–H groups in total. The van der Waals surface area contributed by atoms with Crippen LogP contribution in [0.25, 0.3) is 0 Å². The summed E-state index contributed by atoms with van der Waals surface area (Å²) in [5.41, 5.74) is 8.07. The third kappa shape index (κ3) is 4.01. The van der Waals surface area contributed by atoms with Gasteiger partial charge in [-0.25, -0.2) is 0 Å². The Balaban J connectivity index is 1.92. The van der Waals surface area contributed by atoms with Crippen LogP contribution in [0.1, 0.15) is 11.4 Å². The molecule has 1 unspecified atom stereocenters. The lowest BCUT2D eigenvalue weighted by Gasteiger charge is -2.12. The zero-order valence-electron chi connectivity index (χ0n) is 11.4. The number of hydrogen-bond donors (Lipinski definition) is 1. The van der Waals surface area contributed by atoms with Crippen molar-refractivity contribution >= 4 is 39.3 Å². The number of rotatable bonds is 5. The smallest absolute Gasteiger partial charge is 0.0847 e. The molecule has 0 saturated heterocycles. The molecule has 0 aliphatic heterocycles. The molecule has 1 aromatic carbocycles. The van der Waals surface area contributed by atoms with Crippen LogP contribution >= 0.6 is 39.3 Å². The van der Waals surface area contributed by atoms with Gasteiger partial charge in [-0.05, 0) is 31.2 Å². The summed E-state index contributed by atoms with van der Waals surface area (Å²) in [6, 6.07) is 8.30. The summed E-state index contributed by atoms with van der Waals surface area (Å²) in [5, 5.41) is 5.04. The maximum Gasteiger partial charge on any atom is 0.0847 e. The summed E-state index contributed by atoms with van der Waals surface area (Å²) in [6.07, 6.45) is 0.736. The van der Waals surface area contributed by atoms with Gasteiger partial charge < -0.3 is 5.73 Å². The van der Waals surface area contributed by atoms with Crippen molar-refractivity contribution in [3.8, 4) is 0 Å². The summed E-state index contributed by atoms with van der Waals surface area (Å²) >= 11 is 11.4. The van der Waals surface area contributed by atoms with E-state index in [1.807, 2.05) is 30.8 Å². The van der Waals surface area contributed by atoms with Crippen molar-refractivity contribution in [1.29, 1.82) is 0 Å². The highest BCUT2D eigenvalue weighted by atomic mass is 79.9. The third-order valence-electron chi connectivity index (χ3n) is 2.99. The van der Waals surface area contributed by atoms with Gasteiger partial charge in [0.2, 0.25) is 0 Å². The Morgan fingerprint density at radius 1 is 1.40 bits per heavy atom. The summed E-state index contributed by atoms with van der Waals surface area (Å²) in [5.74, 6) is 0.849. The Hall–Kier alpha value is -0.490. The Labute approximate surface area is 137 Å². The monoisotopic (exact) mass is 373 g/mol. The van der Waals surface area contributed by atoms with Crippen LogP contribution in [0.2, 0.25) is 5.02 Å². The summed E-state index contributed by atoms with van der Waals surface area (Å²) in [7, 11) is 1.91. The van der Waals surface area contributed by atoms with Crippen molar-refractivity contribution in [3.05, 3.63) is 45.1 Å². The Morgan fingerprint density at radius 3 is 2.60 bits per heavy atom. The molecular formula is C14H17BrClN3S. The van der Waals surface area contributed by atoms with Gasteiger partial charge in [0.15, 0.2) is 0 Å². The van der Waals surface area contributed by atoms with Crippen LogP contribution in [0.3, 0.4) is 0 Å². The van der Waals surface area contributed by atoms with E-state index in [0.717, 1.165) is 33.1 Å². The second-order valence-electron chi connectivity index (χ2n) is 4.70. The molecule has 0 bridgehead atoms. The van der Waals surface area contributed by atoms with Crippen LogP contribution in [0.5, 0.6) is 0 Å². The molecular weight excluding hydrogens is 358 g/mol. The molecule has 0 aliphatic rings. The van der Waals surface area contributed by atoms with Crippen molar-refractivity contribution < 1.29 is 0 Å². The maximum atomic E-state index is 6.24. The summed E-state index contributed by atoms with van der Waals surface area (Å²) in [6.45, 7) is 1.91. The lowest BCUT2D eigenvalue weighted by molar-refractivity contribution is 0.653. The van der Waals surface area contributed by atoms with Gasteiger partial charge in [-0.15, -0.1) is 11.8 Å². The zero-order valence-corrected chi connectivity index (χ0v) is 14.6. The number of hydrogen-bond acceptors (Lipinski definition) is 3. The molecule has 2 rings (SSSR count). The lowest BCUT2D eigenvalue weighted by atomic mass is 10.2. The molecule has 1 heterocycles. The van der Waals surface area contributed by atoms with E-state index >= 15 is 0 Å². The number of aryl methyl sites for hydroxylation is 2. The van der Waals surface area contributed by atoms with E-state index in [0.29, 0.717) is 0 Å². The fraction of sp³-hybridized carbons (Fsp3) is 0.357. The summed E-state index contributed by atoms with van der Waals surface area (Å²) in [4.78, 5) is 1.22. The highest BCUT2D eigenvalue weighted by Gasteiger charge is 2.14. The van der Waals surface area contributed by atoms with E-state index in [-0.39, 0.29) is 6.04 Å². The molecule has 2 aromatic rings. The van der Waals surface area contributed by atoms with Crippen molar-refractivity contribution in [3.63, 3.8) is 0 Å². The van der Waals surface area contributed by atoms with Gasteiger partial charge in [0.05, 0.1) is 16.4 Å². The number of thioether (sulfide) groups is 1. The molecule has 0 aliphatic carbocycles. The molecule has 0 amide bonds. The molecule has 0 radical (unpaired) electrons. The first-order chi connectivity index (χ1) is 9.47. The van der Waals surface area contributed by atoms with Gasteiger partial charge in [-0.3, -0.25) is 4.68 Å². The van der Waals surface area contributed by atoms with Crippen molar-refractivity contribution in [2.75, 3.05) is 5.75 Å². The first kappa shape index (κ1) is 15.9. The Kier molecular flexibility index (Phi) is 5.55. The van der Waals surface area contributed by atoms with E-state index in [2.05, 4.69) is 33.2 Å². The van der Waals surface area contributed by atoms with E-state index in [4.69, 9.17) is 17.3 Å². The average Bonchev–Trinajstić information content (AvgIpc) is 2.65. The maximum absolute atomic E-state index is 6.24. The number of aromatic nitrogens is 2. The van der Waals surface area contributed by atoms with Crippen LogP contribution in [0, 0.1) is 6.92 Å². The predicted octanol–water partition coefficient (Wildman–Crippen LogP) is 3.81. The molecule has 6 heteroatoms. The van der Waals surface area contributed by atoms with Crippen molar-refractivity contribution in [2.45, 2.75) is 24.3 Å². The van der Waals surface area contributed by atoms with Crippen LogP contribution in [0.4, 0.5) is 0 Å². The first-order valence-electron chi connectivity index (χ1n) is 6.29. The van der Waals surface area contributed by atoms with Gasteiger partial charge >= 0.3 is 0 Å². The minimum atomic E-state index is 0.0518. The standard InChI is InChI=1S/C14H17BrClN3S/c1-9-14(16)13(19(2)18-9)7-11(17)8-20-12-5-3-10(15)4-6-12/h3-6,11H,7-8,17H2,1-2H3. The molecule has 0 fully saturated rings. The van der Waals surface area contributed by atoms with E-state index in [1.54, 1.807) is 11.8 Å². The molecule has 3 nitrogen and oxygen atoms in total. The topological polar surface area (TPSA) is 43.8 Å². The second kappa shape index (κ2) is 6.98. The predicted molar refractivity (Wildman–Crippen MR) is 89.5 cm³/mol. The zero-order chi connectivity index (χ0) is 14.7. The molecule has 108 valence electrons. The van der Waals surface area contributed by atoms with Crippen LogP contribution in [-0.4, -0.2) is 21.6 Å². The fourth-order valence-electron chi connectivity index (χ4n) is 1.94. The molecule has 1 atom stereocenters. The Morgan fingerprint density at radius 2 is 2.05 bits per heavy atom. The number of nitrogens with zero attached hydrogens (tertiary/aromatic N) is 2. The largest absolute Gasteiger partial charge is 0.327 e. The number of benzene rings is 1. The van der Waals surface area contributed by atoms with Gasteiger partial charge in [0.25, 0.3) is 0 Å². The number of nitrogens with two attached hydrogens (primary N) is 1. The molecule has 0 saturated carbocycles. The highest BCUT2D eigenvalue weighted by molar-refractivity contribution is 9.10. The van der Waals surface area contributed by atoms with E-state index in [1.165, 1.54) is 4.90 Å². The van der Waals surface area contributed by atoms with Gasteiger partial charge in [-0.2, -0.15) is 5.10 Å². The number of halogens is 2. The molecule has 20 heavy (non-hydrogen) atoms. The molecule has 1 aromatic heterocycles. The lowest BCUT2D eigenvalue weighted by Crippen LogP contribution is -2.26. The van der Waals surface area contributed by atoms with Gasteiger partial charge in [-0.1, -0.05) is 27.5 Å². The summed E-state index contributed by atoms with van der Waals surface area (Å²) < 4.78 is 2.91. The fourth-order valence-corrected chi connectivity index (χ4v) is 3.30. The van der Waals surface area contributed by atoms with Crippen LogP contribution < -0.4 is 5.73 Å². The minimum absolute atomic E-state index is 0.0518. The first-order valence-corrected chi connectivity index (χ1v) is 8.45. The van der Waals surface area contributed by atoms with Crippen LogP contribution in [0.15, 0.2) is 33.6 Å². The second-order valence-corrected chi connectivity index (χ2v) is 7.09. The van der Waals surface area contributed by atoms with Gasteiger partial charge in [0.1, 0.15) is 0 Å². The van der Waals surface area contributed by atoms with Crippen LogP contribution in [-0.2, 0) is 13.5 Å². The quantitative estimate of drug-likeness (QED) is 0.809. The van der Waals surface area contributed by atoms with Gasteiger partial charge in [0, 0.05) is 34.6 Å². The normalized spacial score (nSPS) is 12.7. The van der Waals surface area contributed by atoms with E-state index in [9.17, 15) is 0 Å². The Bertz CT molecular complexity index is 583. The highest BCUT2D eigenvalue weighted by Crippen LogP contribution is 2.24. The van der Waals surface area contributed by atoms with Crippen molar-refractivity contribution in [2.24, 2.45) is 12.8 Å². The van der Waals surface area contributed by atoms with E-state index < -0.39 is 0 Å². The molecule has 0 spiro atoms. The van der Waals surface area contributed by atoms with Crippen molar-refractivity contribution in [1.82, 2.24) is 9.78 Å². The third-order valence-corrected chi connectivity index (χ3v) is 5.22. The average molecular weight is 375 g/mol. The SMILES string of the molecule is Cc1nn(C)c(CC(N)CSc2ccc(Br)cc2)c1Cl. The minimum Gasteiger partial charge on any atom is -0.327 e.